The highest BCUT2D eigenvalue weighted by molar-refractivity contribution is 14.1. The van der Waals surface area contributed by atoms with Crippen LogP contribution in [0.3, 0.4) is 0 Å². The lowest BCUT2D eigenvalue weighted by atomic mass is 10.00. The monoisotopic (exact) mass is 396 g/mol. The molecule has 7 heteroatoms. The summed E-state index contributed by atoms with van der Waals surface area (Å²) in [5.41, 5.74) is 0. The molecule has 0 bridgehead atoms. The summed E-state index contributed by atoms with van der Waals surface area (Å²) in [4.78, 5) is 0. The van der Waals surface area contributed by atoms with Crippen molar-refractivity contribution in [2.45, 2.75) is 30.7 Å². The van der Waals surface area contributed by atoms with E-state index in [2.05, 4.69) is 0 Å². The number of halogens is 1. The van der Waals surface area contributed by atoms with Crippen LogP contribution in [0.1, 0.15) is 0 Å². The average molecular weight is 396 g/mol. The zero-order valence-electron chi connectivity index (χ0n) is 10.8. The van der Waals surface area contributed by atoms with Crippen molar-refractivity contribution in [3.05, 3.63) is 24.3 Å². The fraction of sp³-hybridized carbons (Fsp3) is 0.538. The second-order valence-corrected chi connectivity index (χ2v) is 5.34. The molecule has 5 atom stereocenters. The Bertz CT molecular complexity index is 423. The van der Waals surface area contributed by atoms with Crippen molar-refractivity contribution in [2.24, 2.45) is 0 Å². The smallest absolute Gasteiger partial charge is 0.229 e. The molecule has 0 amide bonds. The number of ether oxygens (including phenoxy) is 3. The van der Waals surface area contributed by atoms with Gasteiger partial charge in [-0.3, -0.25) is 0 Å². The predicted molar refractivity (Wildman–Crippen MR) is 79.2 cm³/mol. The molecule has 0 unspecified atom stereocenters. The molecule has 0 radical (unpaired) electrons. The van der Waals surface area contributed by atoms with E-state index in [-0.39, 0.29) is 0 Å². The zero-order chi connectivity index (χ0) is 14.7. The van der Waals surface area contributed by atoms with E-state index in [4.69, 9.17) is 14.2 Å². The molecule has 2 rings (SSSR count). The SMILES string of the molecule is COc1ccc(O[C@H]2O[C@@H](CI)[C@H](O)[C@@H](O)[C@@H]2O)cc1. The molecule has 20 heavy (non-hydrogen) atoms. The summed E-state index contributed by atoms with van der Waals surface area (Å²) >= 11 is 2.04. The van der Waals surface area contributed by atoms with Gasteiger partial charge in [-0.05, 0) is 24.3 Å². The van der Waals surface area contributed by atoms with Gasteiger partial charge in [-0.1, -0.05) is 22.6 Å². The van der Waals surface area contributed by atoms with Crippen LogP contribution in [0.4, 0.5) is 0 Å². The third-order valence-electron chi connectivity index (χ3n) is 3.13. The summed E-state index contributed by atoms with van der Waals surface area (Å²) in [6, 6.07) is 6.77. The first kappa shape index (κ1) is 15.8. The number of aliphatic hydroxyl groups excluding tert-OH is 3. The van der Waals surface area contributed by atoms with Gasteiger partial charge in [0.2, 0.25) is 6.29 Å². The minimum atomic E-state index is -1.31. The van der Waals surface area contributed by atoms with Gasteiger partial charge in [-0.2, -0.15) is 0 Å². The molecular weight excluding hydrogens is 379 g/mol. The standard InChI is InChI=1S/C13H17IO6/c1-18-7-2-4-8(5-3-7)19-13-12(17)11(16)10(15)9(6-14)20-13/h2-5,9-13,15-17H,6H2,1H3/t9-,10-,11+,12-,13-/m0/s1. The fourth-order valence-electron chi connectivity index (χ4n) is 1.93. The Morgan fingerprint density at radius 3 is 2.20 bits per heavy atom. The molecule has 6 nitrogen and oxygen atoms in total. The number of hydrogen-bond acceptors (Lipinski definition) is 6. The highest BCUT2D eigenvalue weighted by Gasteiger charge is 2.44. The number of aliphatic hydroxyl groups is 3. The van der Waals surface area contributed by atoms with Crippen molar-refractivity contribution in [3.63, 3.8) is 0 Å². The average Bonchev–Trinajstić information content (AvgIpc) is 2.48. The molecule has 1 aromatic rings. The lowest BCUT2D eigenvalue weighted by Gasteiger charge is -2.39. The van der Waals surface area contributed by atoms with Crippen LogP contribution >= 0.6 is 22.6 Å². The normalized spacial score (nSPS) is 33.8. The zero-order valence-corrected chi connectivity index (χ0v) is 13.0. The van der Waals surface area contributed by atoms with Crippen molar-refractivity contribution in [1.29, 1.82) is 0 Å². The van der Waals surface area contributed by atoms with Gasteiger partial charge in [-0.25, -0.2) is 0 Å². The van der Waals surface area contributed by atoms with E-state index in [1.165, 1.54) is 0 Å². The molecule has 0 aromatic heterocycles. The van der Waals surface area contributed by atoms with Crippen molar-refractivity contribution in [1.82, 2.24) is 0 Å². The Hall–Kier alpha value is -0.610. The quantitative estimate of drug-likeness (QED) is 0.502. The minimum absolute atomic E-state index is 0.477. The van der Waals surface area contributed by atoms with Crippen LogP contribution in [-0.2, 0) is 4.74 Å². The first-order valence-corrected chi connectivity index (χ1v) is 7.65. The summed E-state index contributed by atoms with van der Waals surface area (Å²) in [5.74, 6) is 1.16. The second-order valence-electron chi connectivity index (χ2n) is 4.46. The van der Waals surface area contributed by atoms with Gasteiger partial charge >= 0.3 is 0 Å². The molecule has 112 valence electrons. The largest absolute Gasteiger partial charge is 0.497 e. The number of methoxy groups -OCH3 is 1. The fourth-order valence-corrected chi connectivity index (χ4v) is 2.66. The lowest BCUT2D eigenvalue weighted by molar-refractivity contribution is -0.266. The van der Waals surface area contributed by atoms with E-state index in [1.807, 2.05) is 22.6 Å². The van der Waals surface area contributed by atoms with E-state index < -0.39 is 30.7 Å². The number of alkyl halides is 1. The van der Waals surface area contributed by atoms with Crippen LogP contribution in [0.25, 0.3) is 0 Å². The van der Waals surface area contributed by atoms with Crippen molar-refractivity contribution >= 4 is 22.6 Å². The molecule has 1 fully saturated rings. The Kier molecular flexibility index (Phi) is 5.44. The Balaban J connectivity index is 2.06. The van der Waals surface area contributed by atoms with Crippen molar-refractivity contribution < 1.29 is 29.5 Å². The summed E-state index contributed by atoms with van der Waals surface area (Å²) < 4.78 is 16.5. The Morgan fingerprint density at radius 2 is 1.65 bits per heavy atom. The summed E-state index contributed by atoms with van der Waals surface area (Å²) in [6.45, 7) is 0. The number of rotatable bonds is 4. The maximum absolute atomic E-state index is 9.90. The molecule has 1 heterocycles. The maximum atomic E-state index is 9.90. The van der Waals surface area contributed by atoms with Gasteiger partial charge in [0.25, 0.3) is 0 Å². The van der Waals surface area contributed by atoms with Crippen molar-refractivity contribution in [3.8, 4) is 11.5 Å². The number of hydrogen-bond donors (Lipinski definition) is 3. The van der Waals surface area contributed by atoms with E-state index in [9.17, 15) is 15.3 Å². The molecule has 1 aromatic carbocycles. The van der Waals surface area contributed by atoms with Gasteiger partial charge < -0.3 is 29.5 Å². The molecular formula is C13H17IO6. The van der Waals surface area contributed by atoms with Gasteiger partial charge in [0.15, 0.2) is 0 Å². The molecule has 0 spiro atoms. The third kappa shape index (κ3) is 3.34. The molecule has 3 N–H and O–H groups in total. The molecule has 0 saturated carbocycles. The minimum Gasteiger partial charge on any atom is -0.497 e. The molecule has 1 aliphatic rings. The highest BCUT2D eigenvalue weighted by Crippen LogP contribution is 2.26. The van der Waals surface area contributed by atoms with E-state index in [1.54, 1.807) is 31.4 Å². The van der Waals surface area contributed by atoms with Gasteiger partial charge in [-0.15, -0.1) is 0 Å². The molecule has 1 aliphatic heterocycles. The third-order valence-corrected chi connectivity index (χ3v) is 4.00. The van der Waals surface area contributed by atoms with Crippen LogP contribution in [-0.4, -0.2) is 57.6 Å². The first-order chi connectivity index (χ1) is 9.56. The molecule has 1 saturated heterocycles. The molecule has 0 aliphatic carbocycles. The second kappa shape index (κ2) is 6.90. The van der Waals surface area contributed by atoms with Crippen LogP contribution in [0.2, 0.25) is 0 Å². The van der Waals surface area contributed by atoms with E-state index >= 15 is 0 Å². The van der Waals surface area contributed by atoms with Crippen LogP contribution in [0.15, 0.2) is 24.3 Å². The van der Waals surface area contributed by atoms with Crippen LogP contribution in [0.5, 0.6) is 11.5 Å². The highest BCUT2D eigenvalue weighted by atomic mass is 127. The van der Waals surface area contributed by atoms with E-state index in [0.29, 0.717) is 15.9 Å². The van der Waals surface area contributed by atoms with Crippen LogP contribution < -0.4 is 9.47 Å². The topological polar surface area (TPSA) is 88.4 Å². The van der Waals surface area contributed by atoms with Gasteiger partial charge in [0.1, 0.15) is 29.8 Å². The maximum Gasteiger partial charge on any atom is 0.229 e. The van der Waals surface area contributed by atoms with Gasteiger partial charge in [0, 0.05) is 4.43 Å². The number of benzene rings is 1. The Morgan fingerprint density at radius 1 is 1.05 bits per heavy atom. The Labute approximate surface area is 130 Å². The lowest BCUT2D eigenvalue weighted by Crippen LogP contribution is -2.59. The summed E-state index contributed by atoms with van der Waals surface area (Å²) in [6.07, 6.45) is -5.35. The predicted octanol–water partition coefficient (Wildman–Crippen LogP) is 0.317. The van der Waals surface area contributed by atoms with Crippen molar-refractivity contribution in [2.75, 3.05) is 11.5 Å². The summed E-state index contributed by atoms with van der Waals surface area (Å²) in [5, 5.41) is 29.4. The van der Waals surface area contributed by atoms with Gasteiger partial charge in [0.05, 0.1) is 13.2 Å². The van der Waals surface area contributed by atoms with Crippen LogP contribution in [0, 0.1) is 0 Å². The summed E-state index contributed by atoms with van der Waals surface area (Å²) in [7, 11) is 1.56. The van der Waals surface area contributed by atoms with E-state index in [0.717, 1.165) is 0 Å². The first-order valence-electron chi connectivity index (χ1n) is 6.13.